The second-order valence-electron chi connectivity index (χ2n) is 1.46. The van der Waals surface area contributed by atoms with Crippen molar-refractivity contribution in [2.24, 2.45) is 11.7 Å². The van der Waals surface area contributed by atoms with Crippen molar-refractivity contribution in [2.75, 3.05) is 6.54 Å². The maximum atomic E-state index is 9.74. The minimum Gasteiger partial charge on any atom is -0.550 e. The molecule has 2 N–H and O–H groups in total. The Morgan fingerprint density at radius 2 is 2.25 bits per heavy atom. The van der Waals surface area contributed by atoms with E-state index in [2.05, 4.69) is 0 Å². The maximum Gasteiger partial charge on any atom is 1.00 e. The molecule has 3 nitrogen and oxygen atoms in total. The first kappa shape index (κ1) is 10.9. The Labute approximate surface area is 60.4 Å². The number of carbonyl (C=O) groups excluding carboxylic acids is 1. The van der Waals surface area contributed by atoms with E-state index in [0.29, 0.717) is 0 Å². The van der Waals surface area contributed by atoms with Crippen molar-refractivity contribution in [1.82, 2.24) is 0 Å². The molecule has 0 bridgehead atoms. The standard InChI is InChI=1S/C4H9NO2.Li/c1-3(2-5)4(6)7;/h3H,2,5H2,1H3,(H,6,7);/q;+1/p-1. The molecule has 0 aromatic carbocycles. The third-order valence-electron chi connectivity index (χ3n) is 0.756. The summed E-state index contributed by atoms with van der Waals surface area (Å²) in [6.45, 7) is 1.66. The molecule has 0 aromatic heterocycles. The number of hydrogen-bond donors (Lipinski definition) is 1. The SMILES string of the molecule is CC(CN)C(=O)[O-].[Li+]. The smallest absolute Gasteiger partial charge is 0.550 e. The van der Waals surface area contributed by atoms with Gasteiger partial charge in [0.15, 0.2) is 0 Å². The van der Waals surface area contributed by atoms with Gasteiger partial charge in [-0.2, -0.15) is 0 Å². The van der Waals surface area contributed by atoms with Crippen LogP contribution in [0, 0.1) is 5.92 Å². The van der Waals surface area contributed by atoms with Crippen LogP contribution in [0.5, 0.6) is 0 Å². The first-order valence-electron chi connectivity index (χ1n) is 2.09. The Morgan fingerprint density at radius 3 is 2.25 bits per heavy atom. The van der Waals surface area contributed by atoms with Crippen molar-refractivity contribution in [3.05, 3.63) is 0 Å². The molecule has 1 atom stereocenters. The van der Waals surface area contributed by atoms with Gasteiger partial charge < -0.3 is 15.6 Å². The van der Waals surface area contributed by atoms with E-state index in [-0.39, 0.29) is 25.4 Å². The monoisotopic (exact) mass is 109 g/mol. The summed E-state index contributed by atoms with van der Waals surface area (Å²) in [7, 11) is 0. The molecular formula is C4H8LiNO2. The Kier molecular flexibility index (Phi) is 7.05. The van der Waals surface area contributed by atoms with Crippen LogP contribution in [0.3, 0.4) is 0 Å². The van der Waals surface area contributed by atoms with Gasteiger partial charge in [-0.3, -0.25) is 0 Å². The molecule has 0 aromatic rings. The van der Waals surface area contributed by atoms with Gasteiger partial charge in [0.1, 0.15) is 0 Å². The second kappa shape index (κ2) is 5.17. The third kappa shape index (κ3) is 4.19. The molecule has 0 saturated heterocycles. The average Bonchev–Trinajstić information content (AvgIpc) is 1.65. The van der Waals surface area contributed by atoms with Gasteiger partial charge in [-0.05, 0) is 0 Å². The number of nitrogens with two attached hydrogens (primary N) is 1. The first-order chi connectivity index (χ1) is 3.18. The molecule has 0 spiro atoms. The van der Waals surface area contributed by atoms with Crippen molar-refractivity contribution < 1.29 is 28.8 Å². The zero-order valence-electron chi connectivity index (χ0n) is 5.18. The predicted molar refractivity (Wildman–Crippen MR) is 23.2 cm³/mol. The molecule has 0 radical (unpaired) electrons. The summed E-state index contributed by atoms with van der Waals surface area (Å²) >= 11 is 0. The molecule has 1 unspecified atom stereocenters. The molecule has 42 valence electrons. The number of hydrogen-bond acceptors (Lipinski definition) is 3. The van der Waals surface area contributed by atoms with Crippen LogP contribution in [0.2, 0.25) is 0 Å². The van der Waals surface area contributed by atoms with Crippen LogP contribution in [-0.4, -0.2) is 12.5 Å². The fourth-order valence-electron chi connectivity index (χ4n) is 0.0962. The molecule has 0 saturated carbocycles. The fraction of sp³-hybridized carbons (Fsp3) is 0.750. The summed E-state index contributed by atoms with van der Waals surface area (Å²) in [6.07, 6.45) is 0. The van der Waals surface area contributed by atoms with Gasteiger partial charge in [0.05, 0.1) is 0 Å². The second-order valence-corrected chi connectivity index (χ2v) is 1.46. The predicted octanol–water partition coefficient (Wildman–Crippen LogP) is -4.66. The van der Waals surface area contributed by atoms with E-state index in [4.69, 9.17) is 5.73 Å². The largest absolute Gasteiger partial charge is 1.00 e. The van der Waals surface area contributed by atoms with Gasteiger partial charge in [-0.25, -0.2) is 0 Å². The Hall–Kier alpha value is 0.0274. The molecule has 0 aliphatic carbocycles. The number of carboxylic acid groups (broad SMARTS) is 1. The van der Waals surface area contributed by atoms with Crippen molar-refractivity contribution in [3.8, 4) is 0 Å². The van der Waals surface area contributed by atoms with Gasteiger partial charge in [0.2, 0.25) is 0 Å². The fourth-order valence-corrected chi connectivity index (χ4v) is 0.0962. The van der Waals surface area contributed by atoms with E-state index in [1.807, 2.05) is 0 Å². The van der Waals surface area contributed by atoms with E-state index in [0.717, 1.165) is 0 Å². The van der Waals surface area contributed by atoms with E-state index in [9.17, 15) is 9.90 Å². The maximum absolute atomic E-state index is 9.74. The van der Waals surface area contributed by atoms with Gasteiger partial charge in [-0.1, -0.05) is 6.92 Å². The molecular weight excluding hydrogens is 101 g/mol. The van der Waals surface area contributed by atoms with Gasteiger partial charge in [0.25, 0.3) is 0 Å². The zero-order valence-corrected chi connectivity index (χ0v) is 5.18. The van der Waals surface area contributed by atoms with Crippen molar-refractivity contribution in [1.29, 1.82) is 0 Å². The minimum atomic E-state index is -1.08. The van der Waals surface area contributed by atoms with Crippen LogP contribution in [0.15, 0.2) is 0 Å². The summed E-state index contributed by atoms with van der Waals surface area (Å²) in [5, 5.41) is 9.74. The molecule has 0 amide bonds. The van der Waals surface area contributed by atoms with Crippen LogP contribution in [-0.2, 0) is 4.79 Å². The molecule has 0 rings (SSSR count). The van der Waals surface area contributed by atoms with Crippen molar-refractivity contribution >= 4 is 5.97 Å². The zero-order chi connectivity index (χ0) is 5.86. The van der Waals surface area contributed by atoms with Crippen LogP contribution < -0.4 is 29.7 Å². The van der Waals surface area contributed by atoms with Crippen molar-refractivity contribution in [2.45, 2.75) is 6.92 Å². The van der Waals surface area contributed by atoms with Crippen LogP contribution in [0.4, 0.5) is 0 Å². The Balaban J connectivity index is 0. The normalized spacial score (nSPS) is 11.8. The van der Waals surface area contributed by atoms with Gasteiger partial charge >= 0.3 is 18.9 Å². The molecule has 4 heteroatoms. The summed E-state index contributed by atoms with van der Waals surface area (Å²) in [6, 6.07) is 0. The first-order valence-corrected chi connectivity index (χ1v) is 2.09. The summed E-state index contributed by atoms with van der Waals surface area (Å²) < 4.78 is 0. The van der Waals surface area contributed by atoms with Crippen LogP contribution >= 0.6 is 0 Å². The minimum absolute atomic E-state index is 0. The number of aliphatic carboxylic acids is 1. The topological polar surface area (TPSA) is 66.2 Å². The van der Waals surface area contributed by atoms with Crippen molar-refractivity contribution in [3.63, 3.8) is 0 Å². The Morgan fingerprint density at radius 1 is 1.88 bits per heavy atom. The average molecular weight is 109 g/mol. The quantitative estimate of drug-likeness (QED) is 0.362. The Bertz CT molecular complexity index is 76.4. The van der Waals surface area contributed by atoms with Gasteiger partial charge in [-0.15, -0.1) is 0 Å². The van der Waals surface area contributed by atoms with E-state index >= 15 is 0 Å². The molecule has 0 fully saturated rings. The molecule has 0 aliphatic rings. The third-order valence-corrected chi connectivity index (χ3v) is 0.756. The van der Waals surface area contributed by atoms with E-state index in [1.54, 1.807) is 0 Å². The molecule has 0 aliphatic heterocycles. The number of carbonyl (C=O) groups is 1. The molecule has 8 heavy (non-hydrogen) atoms. The summed E-state index contributed by atoms with van der Waals surface area (Å²) in [4.78, 5) is 9.74. The van der Waals surface area contributed by atoms with E-state index in [1.165, 1.54) is 6.92 Å². The van der Waals surface area contributed by atoms with Gasteiger partial charge in [0, 0.05) is 18.4 Å². The summed E-state index contributed by atoms with van der Waals surface area (Å²) in [5.41, 5.74) is 4.95. The van der Waals surface area contributed by atoms with Crippen LogP contribution in [0.25, 0.3) is 0 Å². The number of rotatable bonds is 2. The number of carboxylic acids is 1. The molecule has 0 heterocycles. The van der Waals surface area contributed by atoms with Crippen LogP contribution in [0.1, 0.15) is 6.92 Å². The summed E-state index contributed by atoms with van der Waals surface area (Å²) in [5.74, 6) is -1.59. The van der Waals surface area contributed by atoms with E-state index < -0.39 is 11.9 Å².